The number of carbonyl (C=O) groups excluding carboxylic acids is 1. The van der Waals surface area contributed by atoms with E-state index in [2.05, 4.69) is 5.32 Å². The second kappa shape index (κ2) is 12.0. The molecule has 4 rings (SSSR count). The molecule has 3 aromatic carbocycles. The maximum absolute atomic E-state index is 13.2. The van der Waals surface area contributed by atoms with Gasteiger partial charge in [0.15, 0.2) is 0 Å². The molecular weight excluding hydrogens is 527 g/mol. The molecule has 0 radical (unpaired) electrons. The topological polar surface area (TPSA) is 197 Å². The highest BCUT2D eigenvalue weighted by molar-refractivity contribution is 6.00. The second-order valence-electron chi connectivity index (χ2n) is 8.65. The number of amidine groups is 2. The highest BCUT2D eigenvalue weighted by atomic mass is 19.4. The molecule has 1 aromatic heterocycles. The van der Waals surface area contributed by atoms with Crippen LogP contribution in [0.2, 0.25) is 0 Å². The van der Waals surface area contributed by atoms with Crippen molar-refractivity contribution in [2.45, 2.75) is 19.3 Å². The predicted octanol–water partition coefficient (Wildman–Crippen LogP) is 3.40. The van der Waals surface area contributed by atoms with Crippen molar-refractivity contribution >= 4 is 40.1 Å². The third kappa shape index (κ3) is 7.37. The van der Waals surface area contributed by atoms with Gasteiger partial charge in [-0.2, -0.15) is 13.2 Å². The smallest absolute Gasteiger partial charge is 0.475 e. The Labute approximate surface area is 226 Å². The number of nitrogens with zero attached hydrogens (tertiary/aromatic N) is 1. The van der Waals surface area contributed by atoms with Gasteiger partial charge in [0.2, 0.25) is 0 Å². The lowest BCUT2D eigenvalue weighted by Gasteiger charge is -2.13. The summed E-state index contributed by atoms with van der Waals surface area (Å²) in [6.07, 6.45) is -5.08. The molecule has 40 heavy (non-hydrogen) atoms. The van der Waals surface area contributed by atoms with Crippen LogP contribution < -0.4 is 22.5 Å². The molecule has 0 saturated heterocycles. The molecule has 0 bridgehead atoms. The number of nitrogens with two attached hydrogens (primary N) is 3. The number of aliphatic carboxylic acids is 1. The summed E-state index contributed by atoms with van der Waals surface area (Å²) in [6, 6.07) is 22.0. The molecular formula is C27H26F3N7O3. The Balaban J connectivity index is 0.000000559. The Bertz CT molecular complexity index is 1600. The highest BCUT2D eigenvalue weighted by Crippen LogP contribution is 2.24. The van der Waals surface area contributed by atoms with Gasteiger partial charge in [-0.15, -0.1) is 0 Å². The molecule has 0 aliphatic rings. The number of carboxylic acids is 1. The number of anilines is 1. The van der Waals surface area contributed by atoms with Crippen molar-refractivity contribution in [2.24, 2.45) is 11.5 Å². The number of benzene rings is 3. The molecule has 0 unspecified atom stereocenters. The van der Waals surface area contributed by atoms with E-state index in [-0.39, 0.29) is 17.6 Å². The minimum atomic E-state index is -5.08. The number of hydrogen-bond acceptors (Lipinski definition) is 5. The minimum absolute atomic E-state index is 0.00672. The molecule has 13 heteroatoms. The summed E-state index contributed by atoms with van der Waals surface area (Å²) >= 11 is 0. The minimum Gasteiger partial charge on any atom is -0.475 e. The number of nitrogen functional groups attached to an aromatic ring is 3. The first-order valence-electron chi connectivity index (χ1n) is 11.6. The van der Waals surface area contributed by atoms with Crippen LogP contribution in [0.4, 0.5) is 18.9 Å². The zero-order chi connectivity index (χ0) is 29.6. The molecule has 208 valence electrons. The van der Waals surface area contributed by atoms with Crippen molar-refractivity contribution in [3.05, 3.63) is 101 Å². The second-order valence-corrected chi connectivity index (χ2v) is 8.65. The summed E-state index contributed by atoms with van der Waals surface area (Å²) < 4.78 is 33.7. The van der Waals surface area contributed by atoms with Crippen molar-refractivity contribution in [3.8, 4) is 0 Å². The first kappa shape index (κ1) is 29.2. The van der Waals surface area contributed by atoms with Crippen LogP contribution in [0, 0.1) is 10.8 Å². The molecule has 10 N–H and O–H groups in total. The fourth-order valence-corrected chi connectivity index (χ4v) is 3.79. The van der Waals surface area contributed by atoms with Crippen molar-refractivity contribution in [1.29, 1.82) is 10.8 Å². The Morgan fingerprint density at radius 3 is 1.98 bits per heavy atom. The van der Waals surface area contributed by atoms with Gasteiger partial charge in [-0.3, -0.25) is 15.6 Å². The summed E-state index contributed by atoms with van der Waals surface area (Å²) in [7, 11) is 0. The number of alkyl halides is 3. The third-order valence-corrected chi connectivity index (χ3v) is 5.67. The number of nitrogens with one attached hydrogen (secondary N) is 3. The number of aromatic nitrogens is 1. The van der Waals surface area contributed by atoms with Gasteiger partial charge in [-0.1, -0.05) is 36.4 Å². The summed E-state index contributed by atoms with van der Waals surface area (Å²) in [5, 5.41) is 26.2. The van der Waals surface area contributed by atoms with Gasteiger partial charge >= 0.3 is 12.1 Å². The molecule has 1 amide bonds. The quantitative estimate of drug-likeness (QED) is 0.104. The van der Waals surface area contributed by atoms with Crippen molar-refractivity contribution in [2.75, 3.05) is 5.73 Å². The van der Waals surface area contributed by atoms with E-state index in [1.165, 1.54) is 0 Å². The number of halogens is 3. The first-order chi connectivity index (χ1) is 18.8. The van der Waals surface area contributed by atoms with Crippen LogP contribution in [0.3, 0.4) is 0 Å². The fraction of sp³-hybridized carbons (Fsp3) is 0.111. The monoisotopic (exact) mass is 553 g/mol. The molecule has 0 fully saturated rings. The van der Waals surface area contributed by atoms with Crippen LogP contribution in [-0.4, -0.2) is 39.4 Å². The van der Waals surface area contributed by atoms with Crippen LogP contribution >= 0.6 is 0 Å². The van der Waals surface area contributed by atoms with Crippen LogP contribution in [0.1, 0.15) is 32.7 Å². The predicted molar refractivity (Wildman–Crippen MR) is 145 cm³/mol. The lowest BCUT2D eigenvalue weighted by atomic mass is 10.1. The highest BCUT2D eigenvalue weighted by Gasteiger charge is 2.38. The van der Waals surface area contributed by atoms with E-state index in [1.54, 1.807) is 30.3 Å². The summed E-state index contributed by atoms with van der Waals surface area (Å²) in [4.78, 5) is 22.1. The zero-order valence-electron chi connectivity index (χ0n) is 20.9. The lowest BCUT2D eigenvalue weighted by Crippen LogP contribution is -2.26. The fourth-order valence-electron chi connectivity index (χ4n) is 3.79. The molecule has 0 saturated carbocycles. The van der Waals surface area contributed by atoms with Gasteiger partial charge in [-0.25, -0.2) is 4.79 Å². The van der Waals surface area contributed by atoms with Gasteiger partial charge in [0.1, 0.15) is 17.4 Å². The number of amides is 1. The maximum Gasteiger partial charge on any atom is 0.490 e. The number of carbonyl (C=O) groups is 2. The van der Waals surface area contributed by atoms with Gasteiger partial charge in [-0.05, 0) is 47.5 Å². The molecule has 10 nitrogen and oxygen atoms in total. The summed E-state index contributed by atoms with van der Waals surface area (Å²) in [6.45, 7) is 0.723. The SMILES string of the molecule is N=C(N)c1cccc(CNC(=O)c2cc3cc(N)ccc3n2Cc2cccc(C(=N)N)c2)c1.O=C(O)C(F)(F)F. The third-order valence-electron chi connectivity index (χ3n) is 5.67. The Morgan fingerprint density at radius 2 is 1.43 bits per heavy atom. The van der Waals surface area contributed by atoms with Crippen molar-refractivity contribution in [3.63, 3.8) is 0 Å². The summed E-state index contributed by atoms with van der Waals surface area (Å²) in [5.41, 5.74) is 22.2. The number of hydrogen-bond donors (Lipinski definition) is 7. The van der Waals surface area contributed by atoms with E-state index >= 15 is 0 Å². The molecule has 0 aliphatic heterocycles. The Hall–Kier alpha value is -5.33. The average Bonchev–Trinajstić information content (AvgIpc) is 3.24. The van der Waals surface area contributed by atoms with Gasteiger partial charge in [0, 0.05) is 40.8 Å². The number of fused-ring (bicyclic) bond motifs is 1. The van der Waals surface area contributed by atoms with Gasteiger partial charge in [0.25, 0.3) is 5.91 Å². The van der Waals surface area contributed by atoms with E-state index in [0.717, 1.165) is 22.0 Å². The van der Waals surface area contributed by atoms with Crippen LogP contribution in [0.15, 0.2) is 72.8 Å². The van der Waals surface area contributed by atoms with E-state index < -0.39 is 12.1 Å². The van der Waals surface area contributed by atoms with Crippen LogP contribution in [0.25, 0.3) is 10.9 Å². The summed E-state index contributed by atoms with van der Waals surface area (Å²) in [5.74, 6) is -3.02. The largest absolute Gasteiger partial charge is 0.490 e. The van der Waals surface area contributed by atoms with Gasteiger partial charge < -0.3 is 32.2 Å². The van der Waals surface area contributed by atoms with Crippen molar-refractivity contribution < 1.29 is 27.9 Å². The molecule has 0 aliphatic carbocycles. The Kier molecular flexibility index (Phi) is 8.79. The zero-order valence-corrected chi connectivity index (χ0v) is 20.9. The van der Waals surface area contributed by atoms with Crippen LogP contribution in [0.5, 0.6) is 0 Å². The van der Waals surface area contributed by atoms with E-state index in [1.807, 2.05) is 47.0 Å². The Morgan fingerprint density at radius 1 is 0.875 bits per heavy atom. The standard InChI is InChI=1S/C25H25N7O.C2HF3O2/c26-20-7-8-21-19(11-20)12-22(32(21)14-16-4-2-6-18(10-16)24(29)30)25(33)31-13-15-3-1-5-17(9-15)23(27)28;3-2(4,5)1(6)7/h1-12H,13-14,26H2,(H3,27,28)(H3,29,30)(H,31,33);(H,6,7). The molecule has 0 spiro atoms. The normalized spacial score (nSPS) is 10.9. The van der Waals surface area contributed by atoms with E-state index in [9.17, 15) is 18.0 Å². The molecule has 0 atom stereocenters. The number of carboxylic acid groups (broad SMARTS) is 1. The van der Waals surface area contributed by atoms with Gasteiger partial charge in [0.05, 0.1) is 0 Å². The van der Waals surface area contributed by atoms with E-state index in [4.69, 9.17) is 37.9 Å². The molecule has 4 aromatic rings. The van der Waals surface area contributed by atoms with E-state index in [0.29, 0.717) is 35.6 Å². The lowest BCUT2D eigenvalue weighted by molar-refractivity contribution is -0.192. The first-order valence-corrected chi connectivity index (χ1v) is 11.6. The average molecular weight is 554 g/mol. The molecule has 1 heterocycles. The van der Waals surface area contributed by atoms with Crippen molar-refractivity contribution in [1.82, 2.24) is 9.88 Å². The van der Waals surface area contributed by atoms with Crippen LogP contribution in [-0.2, 0) is 17.9 Å². The maximum atomic E-state index is 13.2. The number of rotatable bonds is 7.